The van der Waals surface area contributed by atoms with Crippen molar-refractivity contribution in [2.45, 2.75) is 398 Å². The summed E-state index contributed by atoms with van der Waals surface area (Å²) in [4.78, 5) is 12.9. The standard InChI is InChI=1S/C32H48F6O4.C32H51O3PSi2.C30H52F6O3Si2/c1-27(2,41)13-6-14-28(3,15-7-17-30(42,31(33,34)35)32(36,37)38)26-12-11-25-22(8-5-16-29(25,26)4)10-9-21-18-23(39)20-24(40)19-21;1-31(2,3)37(7,8)34-27-23-26(24-28(25-27)35-38(9,10)32(4,5)6)21-22-36(33,29-17-13-11-14-18-29)30-19-15-12-16-20-30;1-25(2,38-40(5,6)7)17-12-18-26(3,24-16-15-22-23(37)14-11-20-27(22,24)4)19-13-21-28(29(31,32)33,30(34,35)36)39-41(8,9)10/h7,9-10,17,23-26,39-42H,5-6,8,11-16,18-20H2,1-4H3;11-21,27-28H,22-25H2,1-10H3;13,21-22,24H,11-12,14-20H2,1-10H3/b17-7+,22-10+;;21-13+/t23-,24-,25?,26-,28-,29+;27-,28-;22?,24-,26-,27+/m111/s1/i1D3,2D3;;1D3,2D3. The topological polar surface area (TPSA) is 152 Å². The van der Waals surface area contributed by atoms with E-state index < -0.39 is 162 Å². The van der Waals surface area contributed by atoms with Crippen LogP contribution in [0.5, 0.6) is 0 Å². The van der Waals surface area contributed by atoms with Crippen LogP contribution in [0.4, 0.5) is 52.7 Å². The van der Waals surface area contributed by atoms with Gasteiger partial charge in [-0.25, -0.2) is 0 Å². The molecule has 6 aliphatic carbocycles. The molecule has 0 aromatic heterocycles. The van der Waals surface area contributed by atoms with Gasteiger partial charge in [-0.15, -0.1) is 0 Å². The van der Waals surface area contributed by atoms with E-state index in [9.17, 15) is 82.5 Å². The van der Waals surface area contributed by atoms with Crippen molar-refractivity contribution >= 4 is 56.8 Å². The Hall–Kier alpha value is -3.25. The van der Waals surface area contributed by atoms with Crippen LogP contribution in [0.15, 0.2) is 120 Å². The van der Waals surface area contributed by atoms with E-state index in [2.05, 4.69) is 73.8 Å². The summed E-state index contributed by atoms with van der Waals surface area (Å²) in [5.41, 5.74) is -15.1. The van der Waals surface area contributed by atoms with Crippen LogP contribution in [-0.4, -0.2) is 137 Å². The number of hydrogen-bond donors (Lipinski definition) is 4. The van der Waals surface area contributed by atoms with Gasteiger partial charge < -0.3 is 42.7 Å². The lowest BCUT2D eigenvalue weighted by molar-refractivity contribution is -0.347. The molecule has 27 heteroatoms. The quantitative estimate of drug-likeness (QED) is 0.0268. The molecule has 0 saturated heterocycles. The van der Waals surface area contributed by atoms with Gasteiger partial charge in [-0.05, 0) is 289 Å². The van der Waals surface area contributed by atoms with Crippen LogP contribution < -0.4 is 10.6 Å². The fourth-order valence-electron chi connectivity index (χ4n) is 19.8. The number of carbonyl (C=O) groups excluding carboxylic acids is 1. The van der Waals surface area contributed by atoms with Crippen LogP contribution in [0.2, 0.25) is 75.5 Å². The highest BCUT2D eigenvalue weighted by Crippen LogP contribution is 2.66. The van der Waals surface area contributed by atoms with Crippen molar-refractivity contribution < 1.29 is 117 Å². The number of halogens is 12. The van der Waals surface area contributed by atoms with Crippen LogP contribution in [0, 0.1) is 45.3 Å². The SMILES string of the molecule is CC(C)(C)[Si](C)(C)O[C@@H]1CC(=CCP(=O)(c2ccccc2)c2ccccc2)C[C@@H](O[Si](C)(C)C(C)(C)C)C1.[2H]C([2H])([2H])C(CCC[C@](C)(C/C=C/C(O[Si](C)(C)C)(C(F)(F)F)C(F)(F)F)[C@H]1CCC2C(=O)CCC[C@@]21C)(O[Si](C)(C)C)C([2H])([2H])[2H].[2H]C([2H])([2H])C(O)(CCC[C@](C)(C/C=C/C(O)(C(F)(F)F)C(F)(F)F)[C@H]1CCC2/C(=C/C=C3C[C@@H](O)C[C@H](O)C3)CCC[C@@]21C)C([2H])([2H])[2H]. The number of rotatable bonds is 29. The molecule has 0 heterocycles. The molecule has 0 radical (unpaired) electrons. The molecule has 6 aliphatic rings. The Morgan fingerprint density at radius 3 is 1.37 bits per heavy atom. The molecule has 0 aliphatic heterocycles. The Morgan fingerprint density at radius 2 is 0.950 bits per heavy atom. The molecule has 2 unspecified atom stereocenters. The molecule has 0 spiro atoms. The summed E-state index contributed by atoms with van der Waals surface area (Å²) >= 11 is 0. The van der Waals surface area contributed by atoms with E-state index in [0.717, 1.165) is 59.9 Å². The third kappa shape index (κ3) is 27.7. The average Bonchev–Trinajstić information content (AvgIpc) is 1.41. The molecule has 8 rings (SSSR count). The van der Waals surface area contributed by atoms with Crippen molar-refractivity contribution in [2.24, 2.45) is 45.3 Å². The van der Waals surface area contributed by atoms with Crippen LogP contribution >= 0.6 is 7.14 Å². The Morgan fingerprint density at radius 1 is 0.521 bits per heavy atom. The van der Waals surface area contributed by atoms with Gasteiger partial charge in [0.25, 0.3) is 11.2 Å². The lowest BCUT2D eigenvalue weighted by Crippen LogP contribution is -2.61. The van der Waals surface area contributed by atoms with Crippen molar-refractivity contribution in [3.8, 4) is 0 Å². The van der Waals surface area contributed by atoms with Crippen molar-refractivity contribution in [3.05, 3.63) is 120 Å². The zero-order chi connectivity index (χ0) is 102. The van der Waals surface area contributed by atoms with Gasteiger partial charge in [-0.2, -0.15) is 52.7 Å². The van der Waals surface area contributed by atoms with Gasteiger partial charge in [-0.3, -0.25) is 4.79 Å². The fourth-order valence-corrected chi connectivity index (χ4v) is 27.5. The van der Waals surface area contributed by atoms with Crippen molar-refractivity contribution in [3.63, 3.8) is 0 Å². The Labute approximate surface area is 739 Å². The maximum atomic E-state index is 14.6. The predicted molar refractivity (Wildman–Crippen MR) is 477 cm³/mol. The first-order valence-electron chi connectivity index (χ1n) is 49.2. The van der Waals surface area contributed by atoms with Gasteiger partial charge in [0.2, 0.25) is 0 Å². The molecule has 2 aromatic carbocycles. The summed E-state index contributed by atoms with van der Waals surface area (Å²) in [7, 11) is -12.9. The first-order chi connectivity index (χ1) is 59.7. The number of allylic oxidation sites excluding steroid dienone is 6. The normalized spacial score (nSPS) is 28.5. The molecular formula is C94H151F12O10PSi4. The third-order valence-electron chi connectivity index (χ3n) is 27.7. The molecule has 121 heavy (non-hydrogen) atoms. The summed E-state index contributed by atoms with van der Waals surface area (Å²) in [6.07, 6.45) is -8.79. The number of aliphatic hydroxyl groups is 4. The monoisotopic (exact) mass is 1820 g/mol. The lowest BCUT2D eigenvalue weighted by Gasteiger charge is -2.49. The molecule has 6 fully saturated rings. The van der Waals surface area contributed by atoms with E-state index in [1.54, 1.807) is 33.5 Å². The van der Waals surface area contributed by atoms with Crippen LogP contribution in [0.3, 0.4) is 0 Å². The van der Waals surface area contributed by atoms with E-state index in [-0.39, 0.29) is 102 Å². The van der Waals surface area contributed by atoms with Gasteiger partial charge in [0, 0.05) is 45.6 Å². The van der Waals surface area contributed by atoms with Gasteiger partial charge in [-0.1, -0.05) is 190 Å². The summed E-state index contributed by atoms with van der Waals surface area (Å²) in [5, 5.41) is 42.9. The number of alkyl halides is 12. The number of carbonyl (C=O) groups is 1. The average molecular weight is 1820 g/mol. The maximum Gasteiger partial charge on any atom is 0.429 e. The predicted octanol–water partition coefficient (Wildman–Crippen LogP) is 26.8. The minimum absolute atomic E-state index is 0.00110. The smallest absolute Gasteiger partial charge is 0.414 e. The second-order valence-electron chi connectivity index (χ2n) is 42.0. The van der Waals surface area contributed by atoms with Crippen molar-refractivity contribution in [1.29, 1.82) is 0 Å². The molecule has 10 nitrogen and oxygen atoms in total. The highest BCUT2D eigenvalue weighted by molar-refractivity contribution is 7.78. The maximum absolute atomic E-state index is 14.6. The molecule has 4 N–H and O–H groups in total. The molecule has 0 bridgehead atoms. The molecule has 2 aromatic rings. The lowest BCUT2D eigenvalue weighted by atomic mass is 9.55. The van der Waals surface area contributed by atoms with Crippen molar-refractivity contribution in [1.82, 2.24) is 0 Å². The molecular weight excluding hydrogens is 1660 g/mol. The minimum Gasteiger partial charge on any atom is -0.414 e. The van der Waals surface area contributed by atoms with E-state index in [1.165, 1.54) is 25.2 Å². The molecule has 692 valence electrons. The van der Waals surface area contributed by atoms with Gasteiger partial charge in [0.05, 0.1) is 35.6 Å². The number of Topliss-reactive ketones (excluding diaryl/α,β-unsaturated/α-hetero) is 1. The Bertz CT molecular complexity index is 4230. The van der Waals surface area contributed by atoms with Crippen LogP contribution in [-0.2, 0) is 27.1 Å². The zero-order valence-corrected chi connectivity index (χ0v) is 80.2. The minimum atomic E-state index is -6.06. The van der Waals surface area contributed by atoms with Crippen molar-refractivity contribution in [2.75, 3.05) is 6.16 Å². The van der Waals surface area contributed by atoms with Gasteiger partial charge >= 0.3 is 24.7 Å². The highest BCUT2D eigenvalue weighted by atomic mass is 31.2. The Kier molecular flexibility index (Phi) is 28.9. The second kappa shape index (κ2) is 39.6. The van der Waals surface area contributed by atoms with E-state index >= 15 is 0 Å². The Balaban J connectivity index is 0.000000309. The van der Waals surface area contributed by atoms with E-state index in [4.69, 9.17) is 34.2 Å². The number of hydrogen-bond acceptors (Lipinski definition) is 10. The zero-order valence-electron chi connectivity index (χ0n) is 87.3. The van der Waals surface area contributed by atoms with E-state index in [0.29, 0.717) is 82.9 Å². The summed E-state index contributed by atoms with van der Waals surface area (Å²) < 4.78 is 301. The molecule has 6 saturated carbocycles. The van der Waals surface area contributed by atoms with E-state index in [1.807, 2.05) is 86.7 Å². The third-order valence-corrected chi connectivity index (χ3v) is 41.6. The molecule has 0 amide bonds. The van der Waals surface area contributed by atoms with Crippen LogP contribution in [0.1, 0.15) is 267 Å². The second-order valence-corrected chi connectivity index (χ2v) is 63.3. The number of ketones is 1. The highest BCUT2D eigenvalue weighted by Gasteiger charge is 2.72. The first kappa shape index (κ1) is 88.4. The number of fused-ring (bicyclic) bond motifs is 2. The molecule has 12 atom stereocenters. The van der Waals surface area contributed by atoms with Gasteiger partial charge in [0.15, 0.2) is 33.3 Å². The summed E-state index contributed by atoms with van der Waals surface area (Å²) in [6, 6.07) is 20.0. The first-order valence-corrected chi connectivity index (χ1v) is 57.8. The summed E-state index contributed by atoms with van der Waals surface area (Å²) in [5.74, 6) is -0.844. The van der Waals surface area contributed by atoms with Crippen LogP contribution in [0.25, 0.3) is 0 Å². The largest absolute Gasteiger partial charge is 0.429 e. The number of benzene rings is 2. The number of aliphatic hydroxyl groups excluding tert-OH is 2. The van der Waals surface area contributed by atoms with Gasteiger partial charge in [0.1, 0.15) is 12.9 Å². The fraction of sp³-hybridized carbons (Fsp3) is 0.755. The summed E-state index contributed by atoms with van der Waals surface area (Å²) in [6.45, 7) is 26.6.